The molecule has 2 amide bonds. The zero-order chi connectivity index (χ0) is 20.1. The molecule has 0 unspecified atom stereocenters. The number of nitrogens with one attached hydrogen (secondary N) is 2. The van der Waals surface area contributed by atoms with Crippen LogP contribution in [0.5, 0.6) is 28.7 Å². The fraction of sp³-hybridized carbons (Fsp3) is 0.143. The molecule has 0 aliphatic carbocycles. The first-order valence-electron chi connectivity index (χ1n) is 8.95. The van der Waals surface area contributed by atoms with Crippen molar-refractivity contribution in [1.82, 2.24) is 4.98 Å². The van der Waals surface area contributed by atoms with Gasteiger partial charge in [-0.25, -0.2) is 4.79 Å². The molecule has 2 N–H and O–H groups in total. The lowest BCUT2D eigenvalue weighted by atomic mass is 10.2. The minimum Gasteiger partial charge on any atom is -0.493 e. The number of methoxy groups -OCH3 is 1. The molecule has 0 saturated heterocycles. The minimum atomic E-state index is -0.397. The topological polar surface area (TPSA) is 90.9 Å². The first-order chi connectivity index (χ1) is 14.2. The molecule has 1 aliphatic heterocycles. The molecule has 0 fully saturated rings. The molecule has 0 radical (unpaired) electrons. The lowest BCUT2D eigenvalue weighted by Crippen LogP contribution is -2.20. The van der Waals surface area contributed by atoms with E-state index >= 15 is 0 Å². The molecule has 0 atom stereocenters. The van der Waals surface area contributed by atoms with Crippen LogP contribution in [0.3, 0.4) is 0 Å². The Hall–Kier alpha value is -3.94. The summed E-state index contributed by atoms with van der Waals surface area (Å²) < 4.78 is 22.2. The molecule has 29 heavy (non-hydrogen) atoms. The number of hydrogen-bond donors (Lipinski definition) is 2. The van der Waals surface area contributed by atoms with E-state index in [0.29, 0.717) is 53.3 Å². The Balaban J connectivity index is 1.39. The number of nitrogens with zero attached hydrogens (tertiary/aromatic N) is 1. The molecule has 0 spiro atoms. The van der Waals surface area contributed by atoms with E-state index in [9.17, 15) is 4.79 Å². The minimum absolute atomic E-state index is 0.397. The normalized spacial score (nSPS) is 12.0. The van der Waals surface area contributed by atoms with Gasteiger partial charge in [-0.2, -0.15) is 0 Å². The van der Waals surface area contributed by atoms with Gasteiger partial charge in [0.2, 0.25) is 5.75 Å². The van der Waals surface area contributed by atoms with Crippen LogP contribution >= 0.6 is 0 Å². The lowest BCUT2D eigenvalue weighted by Gasteiger charge is -2.21. The highest BCUT2D eigenvalue weighted by Crippen LogP contribution is 2.41. The van der Waals surface area contributed by atoms with E-state index in [2.05, 4.69) is 15.6 Å². The van der Waals surface area contributed by atoms with Crippen molar-refractivity contribution in [3.8, 4) is 28.7 Å². The Labute approximate surface area is 167 Å². The molecule has 8 heteroatoms. The van der Waals surface area contributed by atoms with E-state index in [0.717, 1.165) is 0 Å². The van der Waals surface area contributed by atoms with Crippen LogP contribution < -0.4 is 29.6 Å². The van der Waals surface area contributed by atoms with E-state index in [-0.39, 0.29) is 0 Å². The van der Waals surface area contributed by atoms with Gasteiger partial charge in [-0.1, -0.05) is 0 Å². The molecule has 2 heterocycles. The Kier molecular flexibility index (Phi) is 5.33. The van der Waals surface area contributed by atoms with Crippen LogP contribution in [0.15, 0.2) is 60.9 Å². The summed E-state index contributed by atoms with van der Waals surface area (Å²) in [4.78, 5) is 16.3. The molecule has 8 nitrogen and oxygen atoms in total. The quantitative estimate of drug-likeness (QED) is 0.672. The number of urea groups is 1. The first kappa shape index (κ1) is 18.4. The fourth-order valence-corrected chi connectivity index (χ4v) is 2.79. The maximum Gasteiger partial charge on any atom is 0.323 e. The van der Waals surface area contributed by atoms with Crippen molar-refractivity contribution >= 4 is 17.4 Å². The lowest BCUT2D eigenvalue weighted by molar-refractivity contribution is 0.165. The zero-order valence-electron chi connectivity index (χ0n) is 15.7. The summed E-state index contributed by atoms with van der Waals surface area (Å²) in [7, 11) is 1.53. The SMILES string of the molecule is COc1cc(NC(=O)Nc2ccc(Oc3ccncc3)cc2)cc2c1OCCO2. The molecule has 1 aromatic heterocycles. The van der Waals surface area contributed by atoms with Gasteiger partial charge in [0.1, 0.15) is 24.7 Å². The second-order valence-electron chi connectivity index (χ2n) is 6.09. The average molecular weight is 393 g/mol. The number of ether oxygens (including phenoxy) is 4. The van der Waals surface area contributed by atoms with Crippen molar-refractivity contribution in [2.24, 2.45) is 0 Å². The Morgan fingerprint density at radius 3 is 2.38 bits per heavy atom. The largest absolute Gasteiger partial charge is 0.493 e. The molecular weight excluding hydrogens is 374 g/mol. The van der Waals surface area contributed by atoms with Crippen LogP contribution in [0, 0.1) is 0 Å². The van der Waals surface area contributed by atoms with Crippen molar-refractivity contribution in [3.05, 3.63) is 60.9 Å². The van der Waals surface area contributed by atoms with Gasteiger partial charge in [-0.15, -0.1) is 0 Å². The number of aromatic nitrogens is 1. The maximum absolute atomic E-state index is 12.4. The molecular formula is C21H19N3O5. The van der Waals surface area contributed by atoms with Crippen LogP contribution in [0.1, 0.15) is 0 Å². The first-order valence-corrected chi connectivity index (χ1v) is 8.95. The van der Waals surface area contributed by atoms with Gasteiger partial charge in [-0.05, 0) is 36.4 Å². The smallest absolute Gasteiger partial charge is 0.323 e. The van der Waals surface area contributed by atoms with Crippen LogP contribution in [0.2, 0.25) is 0 Å². The number of carbonyl (C=O) groups is 1. The van der Waals surface area contributed by atoms with Crippen molar-refractivity contribution in [3.63, 3.8) is 0 Å². The number of hydrogen-bond acceptors (Lipinski definition) is 6. The van der Waals surface area contributed by atoms with E-state index in [1.54, 1.807) is 60.9 Å². The Morgan fingerprint density at radius 1 is 0.931 bits per heavy atom. The van der Waals surface area contributed by atoms with Gasteiger partial charge in [0, 0.05) is 30.2 Å². The highest BCUT2D eigenvalue weighted by molar-refractivity contribution is 6.00. The average Bonchev–Trinajstić information content (AvgIpc) is 2.75. The van der Waals surface area contributed by atoms with Crippen LogP contribution in [-0.2, 0) is 0 Å². The third kappa shape index (κ3) is 4.49. The summed E-state index contributed by atoms with van der Waals surface area (Å²) in [5.41, 5.74) is 1.15. The fourth-order valence-electron chi connectivity index (χ4n) is 2.79. The van der Waals surface area contributed by atoms with Crippen molar-refractivity contribution < 1.29 is 23.7 Å². The number of pyridine rings is 1. The maximum atomic E-state index is 12.4. The molecule has 148 valence electrons. The van der Waals surface area contributed by atoms with E-state index < -0.39 is 6.03 Å². The zero-order valence-corrected chi connectivity index (χ0v) is 15.7. The number of carbonyl (C=O) groups excluding carboxylic acids is 1. The second-order valence-corrected chi connectivity index (χ2v) is 6.09. The third-order valence-electron chi connectivity index (χ3n) is 4.08. The predicted molar refractivity (Wildman–Crippen MR) is 107 cm³/mol. The van der Waals surface area contributed by atoms with Crippen LogP contribution in [0.25, 0.3) is 0 Å². The number of rotatable bonds is 5. The van der Waals surface area contributed by atoms with Gasteiger partial charge >= 0.3 is 6.03 Å². The molecule has 1 aliphatic rings. The summed E-state index contributed by atoms with van der Waals surface area (Å²) in [5, 5.41) is 5.54. The van der Waals surface area contributed by atoms with Gasteiger partial charge in [0.15, 0.2) is 11.5 Å². The number of benzene rings is 2. The van der Waals surface area contributed by atoms with Gasteiger partial charge in [-0.3, -0.25) is 4.98 Å². The van der Waals surface area contributed by atoms with Gasteiger partial charge in [0.25, 0.3) is 0 Å². The molecule has 4 rings (SSSR count). The van der Waals surface area contributed by atoms with Crippen LogP contribution in [0.4, 0.5) is 16.2 Å². The standard InChI is InChI=1S/C21H19N3O5/c1-26-18-12-15(13-19-20(18)28-11-10-27-19)24-21(25)23-14-2-4-16(5-3-14)29-17-6-8-22-9-7-17/h2-9,12-13H,10-11H2,1H3,(H2,23,24,25). The van der Waals surface area contributed by atoms with E-state index in [1.807, 2.05) is 0 Å². The van der Waals surface area contributed by atoms with Gasteiger partial charge in [0.05, 0.1) is 12.8 Å². The predicted octanol–water partition coefficient (Wildman–Crippen LogP) is 4.30. The van der Waals surface area contributed by atoms with E-state index in [4.69, 9.17) is 18.9 Å². The van der Waals surface area contributed by atoms with E-state index in [1.165, 1.54) is 7.11 Å². The second kappa shape index (κ2) is 8.39. The van der Waals surface area contributed by atoms with Crippen molar-refractivity contribution in [2.45, 2.75) is 0 Å². The number of anilines is 2. The molecule has 0 saturated carbocycles. The summed E-state index contributed by atoms with van der Waals surface area (Å²) in [6, 6.07) is 13.5. The summed E-state index contributed by atoms with van der Waals surface area (Å²) in [6.07, 6.45) is 3.31. The highest BCUT2D eigenvalue weighted by Gasteiger charge is 2.19. The third-order valence-corrected chi connectivity index (χ3v) is 4.08. The molecule has 2 aromatic carbocycles. The van der Waals surface area contributed by atoms with Crippen molar-refractivity contribution in [1.29, 1.82) is 0 Å². The summed E-state index contributed by atoms with van der Waals surface area (Å²) in [6.45, 7) is 0.900. The molecule has 0 bridgehead atoms. The van der Waals surface area contributed by atoms with Crippen LogP contribution in [-0.4, -0.2) is 31.3 Å². The molecule has 3 aromatic rings. The monoisotopic (exact) mass is 393 g/mol. The summed E-state index contributed by atoms with van der Waals surface area (Å²) >= 11 is 0. The highest BCUT2D eigenvalue weighted by atomic mass is 16.6. The number of amides is 2. The number of fused-ring (bicyclic) bond motifs is 1. The summed E-state index contributed by atoms with van der Waals surface area (Å²) in [5.74, 6) is 2.90. The Morgan fingerprint density at radius 2 is 1.62 bits per heavy atom. The van der Waals surface area contributed by atoms with Gasteiger partial charge < -0.3 is 29.6 Å². The Bertz CT molecular complexity index is 976. The van der Waals surface area contributed by atoms with Crippen molar-refractivity contribution in [2.75, 3.05) is 31.0 Å².